The normalized spacial score (nSPS) is 12.0. The van der Waals surface area contributed by atoms with Crippen LogP contribution in [0.25, 0.3) is 0 Å². The predicted octanol–water partition coefficient (Wildman–Crippen LogP) is -1.56. The van der Waals surface area contributed by atoms with Crippen LogP contribution in [0.1, 0.15) is 6.92 Å². The molecule has 18 heteroatoms. The number of hydrogen-bond acceptors (Lipinski definition) is 16. The van der Waals surface area contributed by atoms with Crippen LogP contribution in [0.15, 0.2) is 12.2 Å². The van der Waals surface area contributed by atoms with Crippen LogP contribution in [-0.2, 0) is 66.5 Å². The van der Waals surface area contributed by atoms with Crippen molar-refractivity contribution in [3.05, 3.63) is 12.2 Å². The highest BCUT2D eigenvalue weighted by molar-refractivity contribution is 6.12. The minimum atomic E-state index is -0.833. The Morgan fingerprint density at radius 1 is 0.438 bits per heavy atom. The first kappa shape index (κ1) is 47.9. The van der Waals surface area contributed by atoms with Gasteiger partial charge in [0.2, 0.25) is 0 Å². The highest BCUT2D eigenvalue weighted by Crippen LogP contribution is 1.87. The van der Waals surface area contributed by atoms with Gasteiger partial charge in [0.05, 0.1) is 159 Å². The smallest absolute Gasteiger partial charge is 0.300 e. The number of hydrogen-bond donors (Lipinski definition) is 4. The van der Waals surface area contributed by atoms with E-state index in [2.05, 4.69) is 0 Å². The van der Waals surface area contributed by atoms with E-state index in [4.69, 9.17) is 72.2 Å². The summed E-state index contributed by atoms with van der Waals surface area (Å²) in [6, 6.07) is 0. The Morgan fingerprint density at radius 3 is 0.688 bits per heavy atom. The van der Waals surface area contributed by atoms with Crippen molar-refractivity contribution in [2.45, 2.75) is 6.92 Å². The van der Waals surface area contributed by atoms with Crippen LogP contribution in [-0.4, -0.2) is 192 Å². The lowest BCUT2D eigenvalue weighted by Gasteiger charge is -2.09. The standard InChI is InChI=1S/C24H50O13.C4H3NO2.C2H4O2/c25-1-3-27-5-7-29-9-11-31-13-15-33-17-19-35-21-23-37-24-22-36-20-18-34-16-14-32-12-10-30-8-6-28-4-2-26;6-3-1-2-4(7)5-3;1-2(3)4/h25-26H,1-24H2;1-2H,(H,5,6,7);1H3,(H,3,4). The maximum Gasteiger partial charge on any atom is 0.300 e. The molecule has 0 unspecified atom stereocenters. The largest absolute Gasteiger partial charge is 0.481 e. The van der Waals surface area contributed by atoms with Crippen molar-refractivity contribution in [2.75, 3.05) is 159 Å². The molecule has 0 aromatic rings. The Morgan fingerprint density at radius 2 is 0.583 bits per heavy atom. The maximum atomic E-state index is 10.0. The first-order valence-corrected chi connectivity index (χ1v) is 15.7. The second kappa shape index (κ2) is 42.9. The number of carboxylic acid groups (broad SMARTS) is 1. The molecule has 4 N–H and O–H groups in total. The van der Waals surface area contributed by atoms with Crippen molar-refractivity contribution in [3.63, 3.8) is 0 Å². The molecule has 0 aromatic carbocycles. The average Bonchev–Trinajstić information content (AvgIpc) is 3.45. The van der Waals surface area contributed by atoms with Gasteiger partial charge in [-0.3, -0.25) is 19.7 Å². The van der Waals surface area contributed by atoms with E-state index in [1.807, 2.05) is 5.32 Å². The summed E-state index contributed by atoms with van der Waals surface area (Å²) in [6.07, 6.45) is 2.39. The van der Waals surface area contributed by atoms with E-state index >= 15 is 0 Å². The van der Waals surface area contributed by atoms with Gasteiger partial charge in [0.1, 0.15) is 0 Å². The highest BCUT2D eigenvalue weighted by atomic mass is 16.6. The van der Waals surface area contributed by atoms with Crippen molar-refractivity contribution in [1.29, 1.82) is 0 Å². The number of aliphatic hydroxyl groups is 2. The van der Waals surface area contributed by atoms with Gasteiger partial charge >= 0.3 is 0 Å². The SMILES string of the molecule is CC(=O)O.O=C1C=CC(=O)N1.OCCOCCOCCOCCOCCOCCOCCOCCOCCOCCOCCOCCO. The monoisotopic (exact) mass is 703 g/mol. The van der Waals surface area contributed by atoms with Crippen LogP contribution >= 0.6 is 0 Å². The molecule has 48 heavy (non-hydrogen) atoms. The highest BCUT2D eigenvalue weighted by Gasteiger charge is 2.07. The van der Waals surface area contributed by atoms with Gasteiger partial charge in [-0.2, -0.15) is 0 Å². The summed E-state index contributed by atoms with van der Waals surface area (Å²) in [5, 5.41) is 26.6. The summed E-state index contributed by atoms with van der Waals surface area (Å²) < 4.78 is 58.7. The molecule has 1 aliphatic rings. The van der Waals surface area contributed by atoms with Gasteiger partial charge in [-0.25, -0.2) is 0 Å². The van der Waals surface area contributed by atoms with Crippen molar-refractivity contribution in [1.82, 2.24) is 5.32 Å². The summed E-state index contributed by atoms with van der Waals surface area (Å²) in [7, 11) is 0. The molecule has 2 amide bonds. The minimum absolute atomic E-state index is 0.0253. The number of nitrogens with one attached hydrogen (secondary N) is 1. The Kier molecular flexibility index (Phi) is 42.8. The average molecular weight is 704 g/mol. The number of aliphatic carboxylic acids is 1. The molecule has 18 nitrogen and oxygen atoms in total. The second-order valence-corrected chi connectivity index (χ2v) is 8.89. The molecule has 0 radical (unpaired) electrons. The first-order valence-electron chi connectivity index (χ1n) is 15.7. The lowest BCUT2D eigenvalue weighted by Crippen LogP contribution is -2.19. The lowest BCUT2D eigenvalue weighted by molar-refractivity contribution is -0.134. The van der Waals surface area contributed by atoms with E-state index < -0.39 is 5.97 Å². The number of carboxylic acids is 1. The number of amides is 2. The van der Waals surface area contributed by atoms with Crippen molar-refractivity contribution >= 4 is 17.8 Å². The number of ether oxygens (including phenoxy) is 11. The molecule has 0 fully saturated rings. The van der Waals surface area contributed by atoms with E-state index in [0.717, 1.165) is 6.92 Å². The molecule has 1 aliphatic heterocycles. The first-order chi connectivity index (χ1) is 23.4. The number of carbonyl (C=O) groups is 3. The third-order valence-electron chi connectivity index (χ3n) is 4.82. The Labute approximate surface area is 282 Å². The lowest BCUT2D eigenvalue weighted by atomic mass is 10.6. The summed E-state index contributed by atoms with van der Waals surface area (Å²) in [4.78, 5) is 29.1. The number of carbonyl (C=O) groups excluding carboxylic acids is 2. The number of aliphatic hydroxyl groups excluding tert-OH is 2. The Bertz CT molecular complexity index is 676. The molecule has 0 atom stereocenters. The van der Waals surface area contributed by atoms with E-state index in [1.165, 1.54) is 12.2 Å². The molecule has 0 aliphatic carbocycles. The van der Waals surface area contributed by atoms with Crippen LogP contribution in [0.4, 0.5) is 0 Å². The summed E-state index contributed by atoms with van der Waals surface area (Å²) >= 11 is 0. The quantitative estimate of drug-likeness (QED) is 0.0439. The van der Waals surface area contributed by atoms with Gasteiger partial charge in [0.15, 0.2) is 0 Å². The van der Waals surface area contributed by atoms with Crippen LogP contribution < -0.4 is 5.32 Å². The molecular formula is C30H57NO17. The minimum Gasteiger partial charge on any atom is -0.481 e. The van der Waals surface area contributed by atoms with E-state index in [-0.39, 0.29) is 25.0 Å². The number of rotatable bonds is 34. The zero-order chi connectivity index (χ0) is 35.6. The van der Waals surface area contributed by atoms with Gasteiger partial charge in [-0.15, -0.1) is 0 Å². The predicted molar refractivity (Wildman–Crippen MR) is 169 cm³/mol. The van der Waals surface area contributed by atoms with E-state index in [1.54, 1.807) is 0 Å². The fourth-order valence-electron chi connectivity index (χ4n) is 2.79. The molecule has 0 saturated heterocycles. The third-order valence-corrected chi connectivity index (χ3v) is 4.82. The molecule has 0 saturated carbocycles. The molecule has 284 valence electrons. The third kappa shape index (κ3) is 48.2. The maximum absolute atomic E-state index is 10.0. The van der Waals surface area contributed by atoms with Crippen LogP contribution in [0, 0.1) is 0 Å². The fraction of sp³-hybridized carbons (Fsp3) is 0.833. The molecule has 0 spiro atoms. The summed E-state index contributed by atoms with van der Waals surface area (Å²) in [6.45, 7) is 11.8. The molecule has 0 bridgehead atoms. The zero-order valence-electron chi connectivity index (χ0n) is 28.2. The second-order valence-electron chi connectivity index (χ2n) is 8.89. The van der Waals surface area contributed by atoms with E-state index in [9.17, 15) is 9.59 Å². The Hall–Kier alpha value is -2.17. The molecule has 0 aromatic heterocycles. The fourth-order valence-corrected chi connectivity index (χ4v) is 2.79. The summed E-state index contributed by atoms with van der Waals surface area (Å²) in [5.74, 6) is -1.49. The number of imide groups is 1. The van der Waals surface area contributed by atoms with Gasteiger partial charge in [0.25, 0.3) is 17.8 Å². The van der Waals surface area contributed by atoms with Gasteiger partial charge < -0.3 is 67.4 Å². The van der Waals surface area contributed by atoms with Crippen LogP contribution in [0.5, 0.6) is 0 Å². The van der Waals surface area contributed by atoms with Gasteiger partial charge in [0, 0.05) is 19.1 Å². The molecule has 1 heterocycles. The van der Waals surface area contributed by atoms with Gasteiger partial charge in [-0.05, 0) is 0 Å². The van der Waals surface area contributed by atoms with Crippen molar-refractivity contribution < 1.29 is 81.8 Å². The van der Waals surface area contributed by atoms with Crippen LogP contribution in [0.2, 0.25) is 0 Å². The van der Waals surface area contributed by atoms with Crippen molar-refractivity contribution in [3.8, 4) is 0 Å². The molecule has 1 rings (SSSR count). The van der Waals surface area contributed by atoms with E-state index in [0.29, 0.717) is 145 Å². The topological polar surface area (TPSA) is 225 Å². The zero-order valence-corrected chi connectivity index (χ0v) is 28.2. The van der Waals surface area contributed by atoms with Crippen LogP contribution in [0.3, 0.4) is 0 Å². The Balaban J connectivity index is 0. The van der Waals surface area contributed by atoms with Gasteiger partial charge in [-0.1, -0.05) is 0 Å². The molecular weight excluding hydrogens is 646 g/mol. The van der Waals surface area contributed by atoms with Crippen molar-refractivity contribution in [2.24, 2.45) is 0 Å². The summed E-state index contributed by atoms with van der Waals surface area (Å²) in [5.41, 5.74) is 0.